The first-order valence-electron chi connectivity index (χ1n) is 6.11. The maximum atomic E-state index is 11.9. The molecule has 2 heterocycles. The number of carbonyl (C=O) groups excluding carboxylic acids is 1. The zero-order valence-corrected chi connectivity index (χ0v) is 10.3. The van der Waals surface area contributed by atoms with Crippen molar-refractivity contribution in [1.29, 1.82) is 0 Å². The molecule has 2 saturated heterocycles. The molecule has 16 heavy (non-hydrogen) atoms. The molecule has 0 radical (unpaired) electrons. The Labute approximate surface area is 97.8 Å². The zero-order valence-electron chi connectivity index (χ0n) is 10.3. The first kappa shape index (κ1) is 11.5. The second-order valence-corrected chi connectivity index (χ2v) is 4.96. The number of piperidine rings is 1. The van der Waals surface area contributed by atoms with E-state index in [1.54, 1.807) is 6.92 Å². The van der Waals surface area contributed by atoms with Crippen LogP contribution in [0.25, 0.3) is 0 Å². The standard InChI is InChI=1S/C13H20N2O/c1-3-5-12(16)15-9-4-6-13(15)7-10-14(2)11-8-13/h4,6-11H2,1-2H3. The van der Waals surface area contributed by atoms with Crippen LogP contribution in [0.5, 0.6) is 0 Å². The number of rotatable bonds is 0. The Morgan fingerprint density at radius 3 is 2.50 bits per heavy atom. The van der Waals surface area contributed by atoms with E-state index in [0.717, 1.165) is 45.3 Å². The van der Waals surface area contributed by atoms with Crippen LogP contribution in [0, 0.1) is 11.8 Å². The summed E-state index contributed by atoms with van der Waals surface area (Å²) in [5.74, 6) is 5.45. The first-order valence-corrected chi connectivity index (χ1v) is 6.11. The Bertz CT molecular complexity index is 332. The highest BCUT2D eigenvalue weighted by Gasteiger charge is 2.44. The molecule has 2 rings (SSSR count). The largest absolute Gasteiger partial charge is 0.326 e. The molecule has 0 unspecified atom stereocenters. The summed E-state index contributed by atoms with van der Waals surface area (Å²) in [4.78, 5) is 16.3. The van der Waals surface area contributed by atoms with Crippen molar-refractivity contribution in [1.82, 2.24) is 9.80 Å². The molecule has 2 aliphatic heterocycles. The first-order chi connectivity index (χ1) is 7.68. The summed E-state index contributed by atoms with van der Waals surface area (Å²) in [6, 6.07) is 0. The topological polar surface area (TPSA) is 23.6 Å². The highest BCUT2D eigenvalue weighted by molar-refractivity contribution is 5.94. The minimum Gasteiger partial charge on any atom is -0.326 e. The van der Waals surface area contributed by atoms with Crippen LogP contribution in [0.3, 0.4) is 0 Å². The third-order valence-corrected chi connectivity index (χ3v) is 3.99. The van der Waals surface area contributed by atoms with Crippen molar-refractivity contribution in [2.75, 3.05) is 26.7 Å². The number of hydrogen-bond donors (Lipinski definition) is 0. The van der Waals surface area contributed by atoms with Crippen LogP contribution in [-0.4, -0.2) is 47.9 Å². The smallest absolute Gasteiger partial charge is 0.298 e. The summed E-state index contributed by atoms with van der Waals surface area (Å²) in [6.45, 7) is 4.83. The number of hydrogen-bond acceptors (Lipinski definition) is 2. The Balaban J connectivity index is 2.12. The van der Waals surface area contributed by atoms with Gasteiger partial charge in [-0.05, 0) is 45.6 Å². The zero-order chi connectivity index (χ0) is 11.6. The lowest BCUT2D eigenvalue weighted by Gasteiger charge is -2.43. The van der Waals surface area contributed by atoms with Gasteiger partial charge in [0.25, 0.3) is 5.91 Å². The van der Waals surface area contributed by atoms with Gasteiger partial charge in [0.2, 0.25) is 0 Å². The van der Waals surface area contributed by atoms with E-state index in [-0.39, 0.29) is 11.4 Å². The molecule has 0 N–H and O–H groups in total. The molecule has 0 saturated carbocycles. The molecule has 2 fully saturated rings. The average Bonchev–Trinajstić information content (AvgIpc) is 2.67. The van der Waals surface area contributed by atoms with E-state index in [2.05, 4.69) is 23.8 Å². The van der Waals surface area contributed by atoms with E-state index in [4.69, 9.17) is 0 Å². The molecule has 0 atom stereocenters. The van der Waals surface area contributed by atoms with E-state index >= 15 is 0 Å². The highest BCUT2D eigenvalue weighted by atomic mass is 16.2. The van der Waals surface area contributed by atoms with Gasteiger partial charge in [0.15, 0.2) is 0 Å². The quantitative estimate of drug-likeness (QED) is 0.571. The second kappa shape index (κ2) is 4.47. The molecule has 0 aromatic heterocycles. The lowest BCUT2D eigenvalue weighted by atomic mass is 9.85. The molecule has 88 valence electrons. The van der Waals surface area contributed by atoms with Gasteiger partial charge in [0.1, 0.15) is 0 Å². The van der Waals surface area contributed by atoms with Gasteiger partial charge in [-0.25, -0.2) is 0 Å². The maximum absolute atomic E-state index is 11.9. The van der Waals surface area contributed by atoms with E-state index in [1.807, 2.05) is 4.90 Å². The molecule has 0 aromatic rings. The van der Waals surface area contributed by atoms with Crippen LogP contribution < -0.4 is 0 Å². The normalized spacial score (nSPS) is 24.2. The van der Waals surface area contributed by atoms with E-state index in [1.165, 1.54) is 0 Å². The van der Waals surface area contributed by atoms with Crippen molar-refractivity contribution in [3.63, 3.8) is 0 Å². The predicted octanol–water partition coefficient (Wildman–Crippen LogP) is 1.10. The van der Waals surface area contributed by atoms with Crippen LogP contribution >= 0.6 is 0 Å². The summed E-state index contributed by atoms with van der Waals surface area (Å²) < 4.78 is 0. The molecule has 3 nitrogen and oxygen atoms in total. The molecule has 0 bridgehead atoms. The highest BCUT2D eigenvalue weighted by Crippen LogP contribution is 2.37. The van der Waals surface area contributed by atoms with Gasteiger partial charge < -0.3 is 9.80 Å². The summed E-state index contributed by atoms with van der Waals surface area (Å²) in [5.41, 5.74) is 0.132. The third kappa shape index (κ3) is 1.94. The number of carbonyl (C=O) groups is 1. The van der Waals surface area contributed by atoms with Crippen molar-refractivity contribution in [2.45, 2.75) is 38.1 Å². The fraction of sp³-hybridized carbons (Fsp3) is 0.769. The second-order valence-electron chi connectivity index (χ2n) is 4.96. The maximum Gasteiger partial charge on any atom is 0.298 e. The molecular weight excluding hydrogens is 200 g/mol. The fourth-order valence-corrected chi connectivity index (χ4v) is 2.98. The molecule has 1 spiro atoms. The third-order valence-electron chi connectivity index (χ3n) is 3.99. The van der Waals surface area contributed by atoms with Crippen LogP contribution in [0.1, 0.15) is 32.6 Å². The SMILES string of the molecule is CC#CC(=O)N1CCCC12CCN(C)CC2. The van der Waals surface area contributed by atoms with Crippen LogP contribution in [-0.2, 0) is 4.79 Å². The minimum atomic E-state index is 0.0320. The summed E-state index contributed by atoms with van der Waals surface area (Å²) in [6.07, 6.45) is 4.53. The van der Waals surface area contributed by atoms with Crippen LogP contribution in [0.15, 0.2) is 0 Å². The Morgan fingerprint density at radius 2 is 1.88 bits per heavy atom. The summed E-state index contributed by atoms with van der Waals surface area (Å²) >= 11 is 0. The molecule has 3 heteroatoms. The van der Waals surface area contributed by atoms with Crippen molar-refractivity contribution in [3.8, 4) is 11.8 Å². The van der Waals surface area contributed by atoms with Gasteiger partial charge in [-0.1, -0.05) is 5.92 Å². The van der Waals surface area contributed by atoms with E-state index in [0.29, 0.717) is 0 Å². The molecular formula is C13H20N2O. The monoisotopic (exact) mass is 220 g/mol. The molecule has 2 aliphatic rings. The van der Waals surface area contributed by atoms with Crippen LogP contribution in [0.4, 0.5) is 0 Å². The Hall–Kier alpha value is -1.01. The van der Waals surface area contributed by atoms with Crippen molar-refractivity contribution >= 4 is 5.91 Å². The predicted molar refractivity (Wildman–Crippen MR) is 63.9 cm³/mol. The molecule has 1 amide bonds. The number of nitrogens with zero attached hydrogens (tertiary/aromatic N) is 2. The number of likely N-dealkylation sites (tertiary alicyclic amines) is 2. The molecule has 0 aliphatic carbocycles. The van der Waals surface area contributed by atoms with Gasteiger partial charge in [0.05, 0.1) is 0 Å². The van der Waals surface area contributed by atoms with Gasteiger partial charge in [0, 0.05) is 25.2 Å². The van der Waals surface area contributed by atoms with Gasteiger partial charge >= 0.3 is 0 Å². The van der Waals surface area contributed by atoms with E-state index in [9.17, 15) is 4.79 Å². The van der Waals surface area contributed by atoms with Crippen molar-refractivity contribution < 1.29 is 4.79 Å². The minimum absolute atomic E-state index is 0.0320. The fourth-order valence-electron chi connectivity index (χ4n) is 2.98. The Kier molecular flexibility index (Phi) is 3.20. The Morgan fingerprint density at radius 1 is 1.19 bits per heavy atom. The summed E-state index contributed by atoms with van der Waals surface area (Å²) in [7, 11) is 2.15. The average molecular weight is 220 g/mol. The van der Waals surface area contributed by atoms with Crippen LogP contribution in [0.2, 0.25) is 0 Å². The van der Waals surface area contributed by atoms with E-state index < -0.39 is 0 Å². The lowest BCUT2D eigenvalue weighted by Crippen LogP contribution is -2.53. The van der Waals surface area contributed by atoms with Gasteiger partial charge in [-0.2, -0.15) is 0 Å². The lowest BCUT2D eigenvalue weighted by molar-refractivity contribution is -0.130. The summed E-state index contributed by atoms with van der Waals surface area (Å²) in [5, 5.41) is 0. The molecule has 0 aromatic carbocycles. The van der Waals surface area contributed by atoms with Crippen molar-refractivity contribution in [2.24, 2.45) is 0 Å². The van der Waals surface area contributed by atoms with Gasteiger partial charge in [-0.15, -0.1) is 0 Å². The number of amides is 1. The van der Waals surface area contributed by atoms with Crippen molar-refractivity contribution in [3.05, 3.63) is 0 Å². The van der Waals surface area contributed by atoms with Gasteiger partial charge in [-0.3, -0.25) is 4.79 Å².